The number of carbonyl (C=O) groups is 3. The van der Waals surface area contributed by atoms with E-state index in [4.69, 9.17) is 13.6 Å². The van der Waals surface area contributed by atoms with Gasteiger partial charge in [0, 0.05) is 57.8 Å². The number of carbonyl (C=O) groups excluding carboxylic acids is 3. The van der Waals surface area contributed by atoms with E-state index in [1.165, 1.54) is 0 Å². The van der Waals surface area contributed by atoms with Crippen molar-refractivity contribution in [1.29, 1.82) is 0 Å². The predicted octanol–water partition coefficient (Wildman–Crippen LogP) is 11.8. The maximum Gasteiger partial charge on any atom is 0.476 e. The van der Waals surface area contributed by atoms with E-state index in [0.717, 1.165) is 52.2 Å². The minimum Gasteiger partial charge on any atom is -0.303 e. The summed E-state index contributed by atoms with van der Waals surface area (Å²) in [4.78, 5) is 37.1. The highest BCUT2D eigenvalue weighted by molar-refractivity contribution is 7.48. The van der Waals surface area contributed by atoms with Crippen LogP contribution in [0, 0.1) is 0 Å². The van der Waals surface area contributed by atoms with Crippen LogP contribution in [0.15, 0.2) is 182 Å². The van der Waals surface area contributed by atoms with E-state index in [1.807, 2.05) is 182 Å². The van der Waals surface area contributed by atoms with Gasteiger partial charge in [-0.05, 0) is 52.6 Å². The summed E-state index contributed by atoms with van der Waals surface area (Å²) in [7, 11) is -4.87. The SMILES string of the molecule is O=CCCC(Cc1ccccc1)(Cc1ccccc1)OP(=O)(OC(CCC=O)(Cc1ccccc1)Cc1ccccc1)OC(CCC=O)(Cc1ccccc1)Cc1ccccc1. The van der Waals surface area contributed by atoms with Crippen molar-refractivity contribution in [3.05, 3.63) is 215 Å². The zero-order chi connectivity index (χ0) is 43.4. The van der Waals surface area contributed by atoms with Crippen LogP contribution in [0.2, 0.25) is 0 Å². The lowest BCUT2D eigenvalue weighted by molar-refractivity contribution is -0.111. The van der Waals surface area contributed by atoms with Crippen molar-refractivity contribution in [2.75, 3.05) is 0 Å². The van der Waals surface area contributed by atoms with Crippen molar-refractivity contribution >= 4 is 26.7 Å². The van der Waals surface area contributed by atoms with Crippen molar-refractivity contribution in [3.8, 4) is 0 Å². The monoisotopic (exact) mass is 848 g/mol. The fourth-order valence-corrected chi connectivity index (χ4v) is 10.8. The third kappa shape index (κ3) is 14.0. The van der Waals surface area contributed by atoms with E-state index in [-0.39, 0.29) is 77.0 Å². The Bertz CT molecular complexity index is 1890. The molecule has 0 unspecified atom stereocenters. The molecule has 8 heteroatoms. The highest BCUT2D eigenvalue weighted by atomic mass is 31.2. The van der Waals surface area contributed by atoms with Crippen LogP contribution in [0.25, 0.3) is 0 Å². The Kier molecular flexibility index (Phi) is 17.1. The van der Waals surface area contributed by atoms with Crippen LogP contribution >= 0.6 is 7.82 Å². The maximum atomic E-state index is 17.0. The molecule has 7 nitrogen and oxygen atoms in total. The first-order chi connectivity index (χ1) is 30.3. The smallest absolute Gasteiger partial charge is 0.303 e. The molecule has 0 saturated carbocycles. The van der Waals surface area contributed by atoms with Gasteiger partial charge in [-0.15, -0.1) is 0 Å². The summed E-state index contributed by atoms with van der Waals surface area (Å²) in [6, 6.07) is 58.9. The molecule has 0 amide bonds. The molecule has 0 heterocycles. The minimum absolute atomic E-state index is 0.119. The van der Waals surface area contributed by atoms with Gasteiger partial charge >= 0.3 is 7.82 Å². The van der Waals surface area contributed by atoms with E-state index in [0.29, 0.717) is 0 Å². The molecule has 0 fully saturated rings. The van der Waals surface area contributed by atoms with Crippen LogP contribution in [0.3, 0.4) is 0 Å². The van der Waals surface area contributed by atoms with Crippen LogP contribution in [0.4, 0.5) is 0 Å². The molecule has 0 aromatic heterocycles. The molecule has 0 N–H and O–H groups in total. The van der Waals surface area contributed by atoms with Crippen molar-refractivity contribution in [1.82, 2.24) is 0 Å². The lowest BCUT2D eigenvalue weighted by atomic mass is 9.84. The van der Waals surface area contributed by atoms with Crippen molar-refractivity contribution in [2.45, 2.75) is 93.9 Å². The normalized spacial score (nSPS) is 12.1. The number of hydrogen-bond donors (Lipinski definition) is 0. The lowest BCUT2D eigenvalue weighted by Crippen LogP contribution is -2.44. The molecular weight excluding hydrogens is 792 g/mol. The Balaban J connectivity index is 1.60. The van der Waals surface area contributed by atoms with Crippen LogP contribution < -0.4 is 0 Å². The highest BCUT2D eigenvalue weighted by Crippen LogP contribution is 2.62. The average molecular weight is 849 g/mol. The van der Waals surface area contributed by atoms with E-state index in [2.05, 4.69) is 0 Å². The Hall–Kier alpha value is -5.56. The summed E-state index contributed by atoms with van der Waals surface area (Å²) in [5.41, 5.74) is 1.65. The molecule has 0 saturated heterocycles. The maximum absolute atomic E-state index is 17.0. The largest absolute Gasteiger partial charge is 0.476 e. The topological polar surface area (TPSA) is 96.0 Å². The standard InChI is InChI=1S/C54H57O7P/c55-37-19-34-52(40-46-22-7-1-8-23-46,41-47-24-9-2-10-25-47)59-62(58,60-53(35-20-38-56,42-48-26-11-3-12-27-48)43-49-28-13-4-14-29-49)61-54(36-21-39-57,44-50-30-15-5-16-31-50)45-51-32-17-6-18-33-51/h1-18,22-33,37-39H,19-21,34-36,40-45H2. The molecule has 320 valence electrons. The molecule has 0 atom stereocenters. The first kappa shape index (κ1) is 46.0. The van der Waals surface area contributed by atoms with Crippen molar-refractivity contribution in [3.63, 3.8) is 0 Å². The van der Waals surface area contributed by atoms with Crippen LogP contribution in [-0.2, 0) is 71.0 Å². The molecule has 0 radical (unpaired) electrons. The molecule has 62 heavy (non-hydrogen) atoms. The van der Waals surface area contributed by atoms with E-state index in [1.54, 1.807) is 0 Å². The van der Waals surface area contributed by atoms with Gasteiger partial charge in [-0.25, -0.2) is 4.57 Å². The minimum atomic E-state index is -4.87. The van der Waals surface area contributed by atoms with E-state index < -0.39 is 24.6 Å². The second-order valence-electron chi connectivity index (χ2n) is 16.4. The summed E-state index contributed by atoms with van der Waals surface area (Å²) >= 11 is 0. The first-order valence-electron chi connectivity index (χ1n) is 21.5. The van der Waals surface area contributed by atoms with Gasteiger partial charge in [-0.2, -0.15) is 0 Å². The molecule has 6 aromatic rings. The molecule has 0 aliphatic heterocycles. The zero-order valence-corrected chi connectivity index (χ0v) is 36.2. The van der Waals surface area contributed by atoms with Gasteiger partial charge in [0.25, 0.3) is 0 Å². The number of benzene rings is 6. The van der Waals surface area contributed by atoms with Crippen LogP contribution in [0.1, 0.15) is 71.9 Å². The summed E-state index contributed by atoms with van der Waals surface area (Å²) in [6.07, 6.45) is 5.24. The molecule has 0 spiro atoms. The number of aldehydes is 3. The van der Waals surface area contributed by atoms with E-state index in [9.17, 15) is 14.4 Å². The predicted molar refractivity (Wildman–Crippen MR) is 246 cm³/mol. The molecule has 6 rings (SSSR count). The van der Waals surface area contributed by atoms with Crippen molar-refractivity contribution in [2.24, 2.45) is 0 Å². The lowest BCUT2D eigenvalue weighted by Gasteiger charge is -2.44. The molecule has 6 aromatic carbocycles. The van der Waals surface area contributed by atoms with Gasteiger partial charge in [0.05, 0.1) is 16.8 Å². The second-order valence-corrected chi connectivity index (χ2v) is 17.8. The second kappa shape index (κ2) is 23.0. The third-order valence-corrected chi connectivity index (χ3v) is 13.1. The summed E-state index contributed by atoms with van der Waals surface area (Å²) in [5.74, 6) is 0. The Morgan fingerprint density at radius 3 is 0.661 bits per heavy atom. The number of phosphoric ester groups is 1. The fraction of sp³-hybridized carbons (Fsp3) is 0.278. The quantitative estimate of drug-likeness (QED) is 0.0376. The van der Waals surface area contributed by atoms with Crippen LogP contribution in [0.5, 0.6) is 0 Å². The highest BCUT2D eigenvalue weighted by Gasteiger charge is 2.51. The summed E-state index contributed by atoms with van der Waals surface area (Å²) in [5, 5.41) is 0. The number of hydrogen-bond acceptors (Lipinski definition) is 7. The van der Waals surface area contributed by atoms with Gasteiger partial charge in [0.15, 0.2) is 0 Å². The zero-order valence-electron chi connectivity index (χ0n) is 35.3. The van der Waals surface area contributed by atoms with Crippen LogP contribution in [-0.4, -0.2) is 35.7 Å². The Morgan fingerprint density at radius 2 is 0.500 bits per heavy atom. The first-order valence-corrected chi connectivity index (χ1v) is 23.0. The molecule has 0 bridgehead atoms. The summed E-state index contributed by atoms with van der Waals surface area (Å²) < 4.78 is 39.0. The number of rotatable bonds is 27. The average Bonchev–Trinajstić information content (AvgIpc) is 3.29. The van der Waals surface area contributed by atoms with E-state index >= 15 is 4.57 Å². The summed E-state index contributed by atoms with van der Waals surface area (Å²) in [6.45, 7) is 0. The van der Waals surface area contributed by atoms with Crippen molar-refractivity contribution < 1.29 is 32.5 Å². The van der Waals surface area contributed by atoms with Gasteiger partial charge in [-0.3, -0.25) is 13.6 Å². The third-order valence-electron chi connectivity index (χ3n) is 11.3. The van der Waals surface area contributed by atoms with Gasteiger partial charge in [0.1, 0.15) is 18.9 Å². The van der Waals surface area contributed by atoms with Gasteiger partial charge < -0.3 is 14.4 Å². The van der Waals surface area contributed by atoms with Gasteiger partial charge in [-0.1, -0.05) is 182 Å². The molecule has 0 aliphatic carbocycles. The molecular formula is C54H57O7P. The fourth-order valence-electron chi connectivity index (χ4n) is 8.59. The van der Waals surface area contributed by atoms with Gasteiger partial charge in [0.2, 0.25) is 0 Å². The number of phosphoric acid groups is 1. The Labute approximate surface area is 367 Å². The molecule has 0 aliphatic rings. The Morgan fingerprint density at radius 1 is 0.323 bits per heavy atom.